The van der Waals surface area contributed by atoms with Crippen molar-refractivity contribution in [3.8, 4) is 0 Å². The molecule has 1 aromatic rings. The van der Waals surface area contributed by atoms with Crippen molar-refractivity contribution >= 4 is 27.6 Å². The number of rotatable bonds is 5. The van der Waals surface area contributed by atoms with Crippen molar-refractivity contribution in [3.63, 3.8) is 0 Å². The molecule has 6 heteroatoms. The summed E-state index contributed by atoms with van der Waals surface area (Å²) in [6, 6.07) is 3.17. The van der Waals surface area contributed by atoms with Gasteiger partial charge in [-0.3, -0.25) is 14.9 Å². The second-order valence-electron chi connectivity index (χ2n) is 3.78. The molecule has 0 atom stereocenters. The minimum absolute atomic E-state index is 0.0248. The highest BCUT2D eigenvalue weighted by atomic mass is 79.9. The minimum Gasteiger partial charge on any atom is -0.466 e. The molecule has 0 N–H and O–H groups in total. The lowest BCUT2D eigenvalue weighted by atomic mass is 10.0. The summed E-state index contributed by atoms with van der Waals surface area (Å²) in [5, 5.41) is 11.3. The van der Waals surface area contributed by atoms with Crippen molar-refractivity contribution in [1.29, 1.82) is 0 Å². The third-order valence-corrected chi connectivity index (χ3v) is 3.12. The summed E-state index contributed by atoms with van der Waals surface area (Å²) in [4.78, 5) is 21.9. The first-order valence-corrected chi connectivity index (χ1v) is 6.60. The molecule has 5 nitrogen and oxygen atoms in total. The van der Waals surface area contributed by atoms with Gasteiger partial charge >= 0.3 is 5.97 Å². The monoisotopic (exact) mass is 315 g/mol. The number of hydrogen-bond acceptors (Lipinski definition) is 4. The van der Waals surface area contributed by atoms with Crippen LogP contribution in [-0.4, -0.2) is 17.5 Å². The quantitative estimate of drug-likeness (QED) is 0.362. The Bertz CT molecular complexity index is 473. The van der Waals surface area contributed by atoms with E-state index >= 15 is 0 Å². The van der Waals surface area contributed by atoms with Gasteiger partial charge in [0.05, 0.1) is 18.0 Å². The van der Waals surface area contributed by atoms with Crippen LogP contribution in [-0.2, 0) is 21.3 Å². The number of carbonyl (C=O) groups is 1. The van der Waals surface area contributed by atoms with Gasteiger partial charge < -0.3 is 4.74 Å². The SMILES string of the molecule is CCOC(=O)Cc1cc([N+](=O)[O-])c(CBr)cc1C. The van der Waals surface area contributed by atoms with Crippen LogP contribution in [0.1, 0.15) is 23.6 Å². The summed E-state index contributed by atoms with van der Waals surface area (Å²) in [5.41, 5.74) is 2.11. The Balaban J connectivity index is 3.09. The van der Waals surface area contributed by atoms with Crippen LogP contribution in [0, 0.1) is 17.0 Å². The number of nitro benzene ring substituents is 1. The Morgan fingerprint density at radius 2 is 2.11 bits per heavy atom. The number of nitro groups is 1. The lowest BCUT2D eigenvalue weighted by molar-refractivity contribution is -0.385. The molecule has 18 heavy (non-hydrogen) atoms. The van der Waals surface area contributed by atoms with Gasteiger partial charge in [0.15, 0.2) is 0 Å². The second-order valence-corrected chi connectivity index (χ2v) is 4.34. The molecule has 0 bridgehead atoms. The van der Waals surface area contributed by atoms with Gasteiger partial charge in [0.2, 0.25) is 0 Å². The molecule has 0 heterocycles. The lowest BCUT2D eigenvalue weighted by Crippen LogP contribution is -2.09. The van der Waals surface area contributed by atoms with Gasteiger partial charge in [0, 0.05) is 17.0 Å². The van der Waals surface area contributed by atoms with Gasteiger partial charge in [-0.2, -0.15) is 0 Å². The molecule has 0 fully saturated rings. The third-order valence-electron chi connectivity index (χ3n) is 2.52. The van der Waals surface area contributed by atoms with Gasteiger partial charge in [0.25, 0.3) is 5.69 Å². The Kier molecular flexibility index (Phi) is 5.27. The number of alkyl halides is 1. The second kappa shape index (κ2) is 6.49. The van der Waals surface area contributed by atoms with Gasteiger partial charge in [-0.1, -0.05) is 15.9 Å². The van der Waals surface area contributed by atoms with Gasteiger partial charge in [-0.25, -0.2) is 0 Å². The fourth-order valence-electron chi connectivity index (χ4n) is 1.63. The van der Waals surface area contributed by atoms with Crippen LogP contribution in [0.25, 0.3) is 0 Å². The summed E-state index contributed by atoms with van der Waals surface area (Å²) < 4.78 is 4.84. The highest BCUT2D eigenvalue weighted by Crippen LogP contribution is 2.25. The molecular formula is C12H14BrNO4. The molecule has 1 aromatic carbocycles. The largest absolute Gasteiger partial charge is 0.466 e. The molecule has 0 aliphatic carbocycles. The number of esters is 1. The van der Waals surface area contributed by atoms with E-state index in [1.165, 1.54) is 6.07 Å². The first kappa shape index (κ1) is 14.6. The van der Waals surface area contributed by atoms with Crippen molar-refractivity contribution in [2.45, 2.75) is 25.6 Å². The van der Waals surface area contributed by atoms with E-state index < -0.39 is 4.92 Å². The van der Waals surface area contributed by atoms with E-state index in [4.69, 9.17) is 4.74 Å². The molecule has 0 radical (unpaired) electrons. The average Bonchev–Trinajstić information content (AvgIpc) is 2.31. The first-order chi connectivity index (χ1) is 8.49. The molecule has 0 saturated carbocycles. The molecule has 0 aliphatic heterocycles. The number of halogens is 1. The van der Waals surface area contributed by atoms with Crippen LogP contribution in [0.3, 0.4) is 0 Å². The van der Waals surface area contributed by atoms with Crippen LogP contribution in [0.5, 0.6) is 0 Å². The van der Waals surface area contributed by atoms with E-state index in [9.17, 15) is 14.9 Å². The summed E-state index contributed by atoms with van der Waals surface area (Å²) in [6.07, 6.45) is 0.0586. The fraction of sp³-hybridized carbons (Fsp3) is 0.417. The van der Waals surface area contributed by atoms with Gasteiger partial charge in [-0.15, -0.1) is 0 Å². The molecule has 0 amide bonds. The Hall–Kier alpha value is -1.43. The summed E-state index contributed by atoms with van der Waals surface area (Å²) in [7, 11) is 0. The maximum atomic E-state index is 11.4. The smallest absolute Gasteiger partial charge is 0.310 e. The summed E-state index contributed by atoms with van der Waals surface area (Å²) in [6.45, 7) is 3.85. The zero-order valence-corrected chi connectivity index (χ0v) is 11.8. The molecule has 0 aromatic heterocycles. The highest BCUT2D eigenvalue weighted by Gasteiger charge is 2.17. The number of benzene rings is 1. The standard InChI is InChI=1S/C12H14BrNO4/c1-3-18-12(15)6-9-5-11(14(16)17)10(7-13)4-8(9)2/h4-5H,3,6-7H2,1-2H3. The van der Waals surface area contributed by atoms with E-state index in [1.54, 1.807) is 13.0 Å². The van der Waals surface area contributed by atoms with Crippen molar-refractivity contribution < 1.29 is 14.5 Å². The normalized spacial score (nSPS) is 10.2. The number of ether oxygens (including phenoxy) is 1. The predicted molar refractivity (Wildman–Crippen MR) is 70.8 cm³/mol. The Labute approximate surface area is 113 Å². The maximum absolute atomic E-state index is 11.4. The first-order valence-electron chi connectivity index (χ1n) is 5.48. The topological polar surface area (TPSA) is 69.4 Å². The van der Waals surface area contributed by atoms with Crippen molar-refractivity contribution in [1.82, 2.24) is 0 Å². The van der Waals surface area contributed by atoms with Crippen molar-refractivity contribution in [2.24, 2.45) is 0 Å². The van der Waals surface area contributed by atoms with Gasteiger partial charge in [0.1, 0.15) is 0 Å². The van der Waals surface area contributed by atoms with Crippen molar-refractivity contribution in [3.05, 3.63) is 38.9 Å². The molecule has 0 unspecified atom stereocenters. The molecule has 1 rings (SSSR count). The maximum Gasteiger partial charge on any atom is 0.310 e. The van der Waals surface area contributed by atoms with Crippen LogP contribution in [0.15, 0.2) is 12.1 Å². The number of carbonyl (C=O) groups excluding carboxylic acids is 1. The molecule has 0 spiro atoms. The zero-order chi connectivity index (χ0) is 13.7. The van der Waals surface area contributed by atoms with E-state index in [0.29, 0.717) is 23.1 Å². The number of aryl methyl sites for hydroxylation is 1. The van der Waals surface area contributed by atoms with E-state index in [0.717, 1.165) is 5.56 Å². The van der Waals surface area contributed by atoms with E-state index in [1.807, 2.05) is 6.92 Å². The number of hydrogen-bond donors (Lipinski definition) is 0. The molecule has 0 saturated heterocycles. The van der Waals surface area contributed by atoms with Crippen LogP contribution in [0.2, 0.25) is 0 Å². The molecule has 98 valence electrons. The van der Waals surface area contributed by atoms with Crippen LogP contribution < -0.4 is 0 Å². The predicted octanol–water partition coefficient (Wildman–Crippen LogP) is 2.90. The zero-order valence-electron chi connectivity index (χ0n) is 10.2. The van der Waals surface area contributed by atoms with E-state index in [2.05, 4.69) is 15.9 Å². The molecule has 0 aliphatic rings. The third kappa shape index (κ3) is 3.53. The Morgan fingerprint density at radius 1 is 1.44 bits per heavy atom. The average molecular weight is 316 g/mol. The van der Waals surface area contributed by atoms with Crippen LogP contribution in [0.4, 0.5) is 5.69 Å². The summed E-state index contributed by atoms with van der Waals surface area (Å²) in [5.74, 6) is -0.374. The fourth-order valence-corrected chi connectivity index (χ4v) is 2.08. The Morgan fingerprint density at radius 3 is 2.61 bits per heavy atom. The van der Waals surface area contributed by atoms with Crippen molar-refractivity contribution in [2.75, 3.05) is 6.61 Å². The molecular weight excluding hydrogens is 302 g/mol. The minimum atomic E-state index is -0.440. The van der Waals surface area contributed by atoms with Gasteiger partial charge in [-0.05, 0) is 31.0 Å². The number of nitrogens with zero attached hydrogens (tertiary/aromatic N) is 1. The van der Waals surface area contributed by atoms with E-state index in [-0.39, 0.29) is 18.1 Å². The summed E-state index contributed by atoms with van der Waals surface area (Å²) >= 11 is 3.22. The lowest BCUT2D eigenvalue weighted by Gasteiger charge is -2.08. The highest BCUT2D eigenvalue weighted by molar-refractivity contribution is 9.08. The van der Waals surface area contributed by atoms with Crippen LogP contribution >= 0.6 is 15.9 Å².